The fourth-order valence-corrected chi connectivity index (χ4v) is 4.45. The molecule has 4 saturated carbocycles. The summed E-state index contributed by atoms with van der Waals surface area (Å²) < 4.78 is 0. The van der Waals surface area contributed by atoms with Crippen LogP contribution in [-0.2, 0) is 0 Å². The van der Waals surface area contributed by atoms with Gasteiger partial charge in [0, 0.05) is 0 Å². The van der Waals surface area contributed by atoms with Gasteiger partial charge >= 0.3 is 0 Å². The summed E-state index contributed by atoms with van der Waals surface area (Å²) in [6.45, 7) is 7.48. The minimum atomic E-state index is 0.722. The van der Waals surface area contributed by atoms with Crippen molar-refractivity contribution in [1.29, 1.82) is 0 Å². The molecule has 4 rings (SSSR count). The molecule has 0 heterocycles. The molecule has 4 aliphatic rings. The van der Waals surface area contributed by atoms with Crippen molar-refractivity contribution in [2.45, 2.75) is 33.6 Å². The van der Waals surface area contributed by atoms with Crippen LogP contribution in [0, 0.1) is 28.6 Å². The molecule has 0 amide bonds. The summed E-state index contributed by atoms with van der Waals surface area (Å²) in [5, 5.41) is 0. The summed E-state index contributed by atoms with van der Waals surface area (Å²) in [6, 6.07) is 0. The van der Waals surface area contributed by atoms with E-state index in [0.717, 1.165) is 28.6 Å². The maximum absolute atomic E-state index is 2.51. The predicted octanol–water partition coefficient (Wildman–Crippen LogP) is 2.69. The van der Waals surface area contributed by atoms with Crippen LogP contribution in [0.4, 0.5) is 0 Å². The zero-order valence-corrected chi connectivity index (χ0v) is 7.15. The van der Waals surface area contributed by atoms with Gasteiger partial charge in [-0.05, 0) is 41.4 Å². The SMILES string of the molecule is CC1(C)C2CC3C1C3(C)C2. The largest absolute Gasteiger partial charge is 0.0593 e. The van der Waals surface area contributed by atoms with Crippen LogP contribution in [0.2, 0.25) is 0 Å². The molecule has 0 radical (unpaired) electrons. The Morgan fingerprint density at radius 1 is 1.20 bits per heavy atom. The fraction of sp³-hybridized carbons (Fsp3) is 1.00. The lowest BCUT2D eigenvalue weighted by atomic mass is 9.83. The Morgan fingerprint density at radius 2 is 1.90 bits per heavy atom. The monoisotopic (exact) mass is 136 g/mol. The molecule has 0 aromatic rings. The van der Waals surface area contributed by atoms with E-state index in [2.05, 4.69) is 20.8 Å². The molecule has 56 valence electrons. The van der Waals surface area contributed by atoms with Gasteiger partial charge in [0.05, 0.1) is 0 Å². The smallest absolute Gasteiger partial charge is 0.0255 e. The fourth-order valence-electron chi connectivity index (χ4n) is 4.45. The Bertz CT molecular complexity index is 204. The Labute approximate surface area is 63.0 Å². The van der Waals surface area contributed by atoms with E-state index in [1.165, 1.54) is 0 Å². The van der Waals surface area contributed by atoms with E-state index in [9.17, 15) is 0 Å². The summed E-state index contributed by atoms with van der Waals surface area (Å²) in [5.41, 5.74) is 1.55. The van der Waals surface area contributed by atoms with E-state index >= 15 is 0 Å². The van der Waals surface area contributed by atoms with Crippen LogP contribution >= 0.6 is 0 Å². The Morgan fingerprint density at radius 3 is 2.00 bits per heavy atom. The summed E-state index contributed by atoms with van der Waals surface area (Å²) >= 11 is 0. The summed E-state index contributed by atoms with van der Waals surface area (Å²) in [6.07, 6.45) is 3.11. The van der Waals surface area contributed by atoms with Crippen LogP contribution in [0.3, 0.4) is 0 Å². The van der Waals surface area contributed by atoms with Gasteiger partial charge in [0.15, 0.2) is 0 Å². The summed E-state index contributed by atoms with van der Waals surface area (Å²) in [7, 11) is 0. The predicted molar refractivity (Wildman–Crippen MR) is 41.6 cm³/mol. The number of hydrogen-bond acceptors (Lipinski definition) is 0. The first kappa shape index (κ1) is 5.62. The van der Waals surface area contributed by atoms with Gasteiger partial charge in [0.2, 0.25) is 0 Å². The van der Waals surface area contributed by atoms with Crippen LogP contribution in [0.5, 0.6) is 0 Å². The van der Waals surface area contributed by atoms with Crippen LogP contribution in [-0.4, -0.2) is 0 Å². The Balaban J connectivity index is 2.13. The van der Waals surface area contributed by atoms with Crippen molar-refractivity contribution >= 4 is 0 Å². The van der Waals surface area contributed by atoms with E-state index in [1.807, 2.05) is 0 Å². The number of hydrogen-bond donors (Lipinski definition) is 0. The quantitative estimate of drug-likeness (QED) is 0.480. The number of rotatable bonds is 0. The average Bonchev–Trinajstić information content (AvgIpc) is 2.16. The molecule has 10 heavy (non-hydrogen) atoms. The van der Waals surface area contributed by atoms with Crippen molar-refractivity contribution in [2.24, 2.45) is 28.6 Å². The summed E-state index contributed by atoms with van der Waals surface area (Å²) in [5.74, 6) is 3.35. The second kappa shape index (κ2) is 1.09. The van der Waals surface area contributed by atoms with Crippen LogP contribution in [0.1, 0.15) is 33.6 Å². The van der Waals surface area contributed by atoms with Gasteiger partial charge in [0.1, 0.15) is 0 Å². The summed E-state index contributed by atoms with van der Waals surface area (Å²) in [4.78, 5) is 0. The first-order chi connectivity index (χ1) is 4.57. The van der Waals surface area contributed by atoms with Gasteiger partial charge in [-0.1, -0.05) is 20.8 Å². The molecular formula is C10H16. The van der Waals surface area contributed by atoms with Gasteiger partial charge in [-0.15, -0.1) is 0 Å². The lowest BCUT2D eigenvalue weighted by molar-refractivity contribution is 0.269. The van der Waals surface area contributed by atoms with Crippen molar-refractivity contribution < 1.29 is 0 Å². The van der Waals surface area contributed by atoms with E-state index in [-0.39, 0.29) is 0 Å². The molecule has 4 unspecified atom stereocenters. The van der Waals surface area contributed by atoms with Crippen LogP contribution in [0.25, 0.3) is 0 Å². The minimum Gasteiger partial charge on any atom is -0.0593 e. The maximum Gasteiger partial charge on any atom is -0.0255 e. The molecule has 4 bridgehead atoms. The van der Waals surface area contributed by atoms with E-state index in [1.54, 1.807) is 12.8 Å². The molecule has 0 spiro atoms. The molecule has 0 saturated heterocycles. The standard InChI is InChI=1S/C10H16/c1-9(2)6-4-7-8(9)10(7,3)5-6/h6-8H,4-5H2,1-3H3. The van der Waals surface area contributed by atoms with Gasteiger partial charge in [-0.25, -0.2) is 0 Å². The normalized spacial score (nSPS) is 66.9. The third-order valence-electron chi connectivity index (χ3n) is 4.93. The maximum atomic E-state index is 2.51. The van der Waals surface area contributed by atoms with Crippen LogP contribution < -0.4 is 0 Å². The van der Waals surface area contributed by atoms with Gasteiger partial charge < -0.3 is 0 Å². The lowest BCUT2D eigenvalue weighted by Crippen LogP contribution is -2.15. The van der Waals surface area contributed by atoms with Crippen molar-refractivity contribution in [3.8, 4) is 0 Å². The molecular weight excluding hydrogens is 120 g/mol. The zero-order valence-electron chi connectivity index (χ0n) is 7.15. The molecule has 4 aliphatic carbocycles. The van der Waals surface area contributed by atoms with Gasteiger partial charge in [0.25, 0.3) is 0 Å². The van der Waals surface area contributed by atoms with E-state index in [0.29, 0.717) is 0 Å². The second-order valence-electron chi connectivity index (χ2n) is 5.55. The molecule has 0 aliphatic heterocycles. The molecule has 4 fully saturated rings. The van der Waals surface area contributed by atoms with Crippen LogP contribution in [0.15, 0.2) is 0 Å². The third-order valence-corrected chi connectivity index (χ3v) is 4.93. The van der Waals surface area contributed by atoms with Crippen molar-refractivity contribution in [2.75, 3.05) is 0 Å². The van der Waals surface area contributed by atoms with Crippen molar-refractivity contribution in [1.82, 2.24) is 0 Å². The molecule has 0 nitrogen and oxygen atoms in total. The topological polar surface area (TPSA) is 0 Å². The van der Waals surface area contributed by atoms with E-state index < -0.39 is 0 Å². The highest BCUT2D eigenvalue weighted by Gasteiger charge is 2.78. The first-order valence-corrected chi connectivity index (χ1v) is 4.57. The third kappa shape index (κ3) is 0.320. The Hall–Kier alpha value is 0. The first-order valence-electron chi connectivity index (χ1n) is 4.57. The lowest BCUT2D eigenvalue weighted by Gasteiger charge is -2.22. The van der Waals surface area contributed by atoms with Crippen molar-refractivity contribution in [3.63, 3.8) is 0 Å². The molecule has 0 aromatic carbocycles. The van der Waals surface area contributed by atoms with E-state index in [4.69, 9.17) is 0 Å². The highest BCUT2D eigenvalue weighted by Crippen LogP contribution is 2.85. The highest BCUT2D eigenvalue weighted by molar-refractivity contribution is 5.26. The molecule has 0 heteroatoms. The highest BCUT2D eigenvalue weighted by atomic mass is 14.8. The molecule has 0 N–H and O–H groups in total. The zero-order chi connectivity index (χ0) is 7.15. The Kier molecular flexibility index (Phi) is 0.612. The second-order valence-corrected chi connectivity index (χ2v) is 5.55. The van der Waals surface area contributed by atoms with Crippen molar-refractivity contribution in [3.05, 3.63) is 0 Å². The molecule has 0 aromatic heterocycles. The minimum absolute atomic E-state index is 0.722. The average molecular weight is 136 g/mol. The van der Waals surface area contributed by atoms with Gasteiger partial charge in [-0.2, -0.15) is 0 Å². The van der Waals surface area contributed by atoms with Gasteiger partial charge in [-0.3, -0.25) is 0 Å². The molecule has 4 atom stereocenters.